The molecule has 400 valence electrons. The second-order valence-corrected chi connectivity index (χ2v) is 20.1. The number of esters is 2. The number of anilines is 1. The highest BCUT2D eigenvalue weighted by Gasteiger charge is 2.46. The predicted molar refractivity (Wildman–Crippen MR) is 270 cm³/mol. The molecular formula is C50H79N3O16P2. The fourth-order valence-electron chi connectivity index (χ4n) is 6.84. The largest absolute Gasteiger partial charge is 0.481 e. The van der Waals surface area contributed by atoms with Crippen LogP contribution in [-0.2, 0) is 51.1 Å². The molecule has 1 aromatic rings. The van der Waals surface area contributed by atoms with Crippen molar-refractivity contribution in [3.05, 3.63) is 95.7 Å². The molecule has 2 unspecified atom stereocenters. The lowest BCUT2D eigenvalue weighted by atomic mass is 10.1. The molecule has 1 aromatic heterocycles. The molecule has 1 aliphatic rings. The zero-order valence-corrected chi connectivity index (χ0v) is 43.3. The normalized spacial score (nSPS) is 19.7. The van der Waals surface area contributed by atoms with Gasteiger partial charge in [0, 0.05) is 25.5 Å². The Balaban J connectivity index is 1.86. The van der Waals surface area contributed by atoms with Gasteiger partial charge >= 0.3 is 33.3 Å². The fraction of sp³-hybridized carbons (Fsp3) is 0.620. The number of rotatable bonds is 40. The summed E-state index contributed by atoms with van der Waals surface area (Å²) in [5.74, 6) is -1.30. The van der Waals surface area contributed by atoms with Gasteiger partial charge in [0.25, 0.3) is 0 Å². The van der Waals surface area contributed by atoms with Gasteiger partial charge < -0.3 is 39.9 Å². The van der Waals surface area contributed by atoms with Crippen LogP contribution >= 0.6 is 15.6 Å². The van der Waals surface area contributed by atoms with E-state index < -0.39 is 83.7 Å². The van der Waals surface area contributed by atoms with E-state index in [0.717, 1.165) is 68.6 Å². The maximum absolute atomic E-state index is 12.8. The molecule has 0 radical (unpaired) electrons. The van der Waals surface area contributed by atoms with Gasteiger partial charge in [-0.25, -0.2) is 13.9 Å². The number of aliphatic hydroxyl groups is 2. The van der Waals surface area contributed by atoms with Crippen molar-refractivity contribution in [2.75, 3.05) is 25.6 Å². The number of ether oxygens (including phenoxy) is 3. The first-order valence-electron chi connectivity index (χ1n) is 24.9. The number of hydrogen-bond acceptors (Lipinski definition) is 16. The van der Waals surface area contributed by atoms with Crippen LogP contribution in [0.15, 0.2) is 90.0 Å². The molecule has 2 rings (SSSR count). The Labute approximate surface area is 419 Å². The monoisotopic (exact) mass is 1040 g/mol. The summed E-state index contributed by atoms with van der Waals surface area (Å²) in [5.41, 5.74) is 4.57. The van der Waals surface area contributed by atoms with E-state index in [1.165, 1.54) is 31.7 Å². The van der Waals surface area contributed by atoms with Crippen LogP contribution in [0.2, 0.25) is 0 Å². The molecule has 0 aliphatic carbocycles. The third-order valence-corrected chi connectivity index (χ3v) is 13.4. The van der Waals surface area contributed by atoms with E-state index in [9.17, 15) is 48.3 Å². The van der Waals surface area contributed by atoms with Crippen LogP contribution in [0.1, 0.15) is 155 Å². The molecule has 19 nitrogen and oxygen atoms in total. The summed E-state index contributed by atoms with van der Waals surface area (Å²) in [6.07, 6.45) is 34.0. The van der Waals surface area contributed by atoms with Gasteiger partial charge in [0.05, 0.1) is 13.2 Å². The minimum absolute atomic E-state index is 0.0588. The third kappa shape index (κ3) is 30.5. The number of carbonyl (C=O) groups excluding carboxylic acids is 3. The molecule has 0 spiro atoms. The number of nitrogens with two attached hydrogens (primary N) is 1. The Morgan fingerprint density at radius 3 is 2.00 bits per heavy atom. The van der Waals surface area contributed by atoms with Gasteiger partial charge in [0.15, 0.2) is 18.1 Å². The summed E-state index contributed by atoms with van der Waals surface area (Å²) in [4.78, 5) is 73.6. The number of hydrogen-bond donors (Lipinski definition) is 5. The molecule has 21 heteroatoms. The van der Waals surface area contributed by atoms with Crippen LogP contribution in [0.25, 0.3) is 0 Å². The summed E-state index contributed by atoms with van der Waals surface area (Å²) >= 11 is 0. The molecule has 1 saturated heterocycles. The van der Waals surface area contributed by atoms with Gasteiger partial charge in [-0.1, -0.05) is 132 Å². The van der Waals surface area contributed by atoms with Crippen molar-refractivity contribution in [2.24, 2.45) is 0 Å². The van der Waals surface area contributed by atoms with Crippen LogP contribution in [0.3, 0.4) is 0 Å². The summed E-state index contributed by atoms with van der Waals surface area (Å²) < 4.78 is 56.6. The van der Waals surface area contributed by atoms with E-state index in [4.69, 9.17) is 29.0 Å². The molecule has 0 bridgehead atoms. The minimum Gasteiger partial charge on any atom is -0.462 e. The molecule has 2 heterocycles. The minimum atomic E-state index is -5.45. The number of nitrogens with zero attached hydrogens (tertiary/aromatic N) is 2. The van der Waals surface area contributed by atoms with E-state index in [1.807, 2.05) is 36.5 Å². The van der Waals surface area contributed by atoms with Gasteiger partial charge in [0.2, 0.25) is 0 Å². The maximum Gasteiger partial charge on any atom is 0.481 e. The molecule has 71 heavy (non-hydrogen) atoms. The summed E-state index contributed by atoms with van der Waals surface area (Å²) in [5, 5.41) is 20.9. The first-order chi connectivity index (χ1) is 34.1. The van der Waals surface area contributed by atoms with Crippen molar-refractivity contribution in [3.8, 4) is 0 Å². The van der Waals surface area contributed by atoms with Gasteiger partial charge in [-0.05, 0) is 76.4 Å². The quantitative estimate of drug-likeness (QED) is 0.0102. The number of allylic oxidation sites excluding steroid dienone is 12. The number of aromatic nitrogens is 2. The highest BCUT2D eigenvalue weighted by Crippen LogP contribution is 2.60. The first-order valence-corrected chi connectivity index (χ1v) is 27.9. The van der Waals surface area contributed by atoms with Crippen molar-refractivity contribution in [2.45, 2.75) is 179 Å². The number of phosphoric ester groups is 2. The first kappa shape index (κ1) is 63.0. The highest BCUT2D eigenvalue weighted by molar-refractivity contribution is 7.61. The van der Waals surface area contributed by atoms with E-state index in [1.54, 1.807) is 12.2 Å². The second-order valence-electron chi connectivity index (χ2n) is 17.0. The van der Waals surface area contributed by atoms with Crippen molar-refractivity contribution in [3.63, 3.8) is 0 Å². The number of aliphatic hydroxyl groups excluding tert-OH is 2. The van der Waals surface area contributed by atoms with Crippen LogP contribution in [0.5, 0.6) is 0 Å². The van der Waals surface area contributed by atoms with Crippen LogP contribution in [0.4, 0.5) is 5.82 Å². The molecule has 1 aliphatic heterocycles. The zero-order valence-electron chi connectivity index (χ0n) is 41.5. The van der Waals surface area contributed by atoms with Crippen molar-refractivity contribution in [1.82, 2.24) is 9.55 Å². The lowest BCUT2D eigenvalue weighted by molar-refractivity contribution is -0.161. The number of nitrogen functional groups attached to an aromatic ring is 1. The van der Waals surface area contributed by atoms with Gasteiger partial charge in [-0.2, -0.15) is 9.29 Å². The standard InChI is InChI=1S/C50H79N3O16P2/c1-3-5-7-8-9-10-11-12-13-14-17-20-23-26-30-34-45(55)64-38-42(67-46(56)35-31-27-24-21-18-15-16-19-22-25-29-33-41(54)32-28-6-4-2)39-65-70(60,61)69-71(62,63)66-40-43-47(57)48(58)49(68-43)53-37-36-44(51)52-50(53)59/h10-13,15-16,21-22,24-25,29,33,36-37,42-43,47-49,57-58H,3-9,14,17-20,23,26-28,30-32,34-35,38-40H2,1-2H3,(H,60,61)(H,62,63)(H2,51,52,59)/b11-10-,13-12-,16-15-,24-21-,25-22-,33-29+/t42-,43-,47-,48-,49-/m1/s1. The summed E-state index contributed by atoms with van der Waals surface area (Å²) in [7, 11) is -10.9. The van der Waals surface area contributed by atoms with Crippen LogP contribution in [0, 0.1) is 0 Å². The van der Waals surface area contributed by atoms with Crippen molar-refractivity contribution < 1.29 is 71.1 Å². The Bertz CT molecular complexity index is 2040. The Kier molecular flexibility index (Phi) is 33.3. The number of ketones is 1. The molecule has 0 amide bonds. The summed E-state index contributed by atoms with van der Waals surface area (Å²) in [6, 6.07) is 1.24. The summed E-state index contributed by atoms with van der Waals surface area (Å²) in [6.45, 7) is 1.88. The molecule has 7 atom stereocenters. The molecule has 1 fully saturated rings. The third-order valence-electron chi connectivity index (χ3n) is 10.8. The van der Waals surface area contributed by atoms with Crippen molar-refractivity contribution >= 4 is 39.2 Å². The average Bonchev–Trinajstić information content (AvgIpc) is 3.60. The lowest BCUT2D eigenvalue weighted by Crippen LogP contribution is -2.36. The topological polar surface area (TPSA) is 283 Å². The van der Waals surface area contributed by atoms with E-state index in [-0.39, 0.29) is 24.4 Å². The predicted octanol–water partition coefficient (Wildman–Crippen LogP) is 9.29. The molecule has 0 aromatic carbocycles. The smallest absolute Gasteiger partial charge is 0.462 e. The number of phosphoric acid groups is 2. The molecule has 0 saturated carbocycles. The van der Waals surface area contributed by atoms with E-state index >= 15 is 0 Å². The average molecular weight is 1040 g/mol. The van der Waals surface area contributed by atoms with Crippen LogP contribution < -0.4 is 11.4 Å². The van der Waals surface area contributed by atoms with Crippen LogP contribution in [-0.4, -0.2) is 91.5 Å². The zero-order chi connectivity index (χ0) is 52.2. The number of carbonyl (C=O) groups is 3. The maximum atomic E-state index is 12.8. The second kappa shape index (κ2) is 37.6. The van der Waals surface area contributed by atoms with Crippen molar-refractivity contribution in [1.29, 1.82) is 0 Å². The Hall–Kier alpha value is -4.13. The van der Waals surface area contributed by atoms with Gasteiger partial charge in [0.1, 0.15) is 30.7 Å². The lowest BCUT2D eigenvalue weighted by Gasteiger charge is -2.21. The Morgan fingerprint density at radius 1 is 0.718 bits per heavy atom. The van der Waals surface area contributed by atoms with E-state index in [0.29, 0.717) is 38.5 Å². The number of unbranched alkanes of at least 4 members (excludes halogenated alkanes) is 12. The molecule has 6 N–H and O–H groups in total. The SMILES string of the molecule is CCCCCC/C=C\C=C/CCCCCCCC(=O)OC[C@H](COP(=O)(O)OP(=O)(O)OC[C@H]1O[C@@H](n2ccc(N)nc2=O)[C@H](O)[C@@H]1O)OC(=O)CCC/C=C\C/C=C\C/C=C\C=C\C(=O)CCCCC. The molecular weight excluding hydrogens is 961 g/mol. The van der Waals surface area contributed by atoms with Gasteiger partial charge in [-0.15, -0.1) is 0 Å². The highest BCUT2D eigenvalue weighted by atomic mass is 31.3. The Morgan fingerprint density at radius 2 is 1.30 bits per heavy atom. The fourth-order valence-corrected chi connectivity index (χ4v) is 8.95. The van der Waals surface area contributed by atoms with Gasteiger partial charge in [-0.3, -0.25) is 28.0 Å². The van der Waals surface area contributed by atoms with E-state index in [2.05, 4.69) is 47.4 Å².